The van der Waals surface area contributed by atoms with Gasteiger partial charge in [-0.2, -0.15) is 0 Å². The van der Waals surface area contributed by atoms with E-state index in [1.165, 1.54) is 0 Å². The molecule has 8 rings (SSSR count). The lowest BCUT2D eigenvalue weighted by Crippen LogP contribution is -2.63. The molecule has 8 saturated carbocycles. The van der Waals surface area contributed by atoms with Crippen LogP contribution < -0.4 is 0 Å². The Bertz CT molecular complexity index is 842. The van der Waals surface area contributed by atoms with E-state index in [2.05, 4.69) is 6.92 Å². The molecule has 10 atom stereocenters. The van der Waals surface area contributed by atoms with Crippen molar-refractivity contribution >= 4 is 0 Å². The largest absolute Gasteiger partial charge is 0.0625 e. The molecular formula is C43H72. The van der Waals surface area contributed by atoms with Crippen LogP contribution in [0.5, 0.6) is 0 Å². The highest BCUT2D eigenvalue weighted by Crippen LogP contribution is 2.70. The van der Waals surface area contributed by atoms with E-state index in [9.17, 15) is 0 Å². The highest BCUT2D eigenvalue weighted by Gasteiger charge is 2.64. The molecule has 0 amide bonds. The quantitative estimate of drug-likeness (QED) is 0.306. The summed E-state index contributed by atoms with van der Waals surface area (Å²) in [5.74, 6) is 16.7. The molecule has 0 bridgehead atoms. The van der Waals surface area contributed by atoms with Crippen molar-refractivity contribution in [2.75, 3.05) is 0 Å². The molecule has 0 nitrogen and oxygen atoms in total. The van der Waals surface area contributed by atoms with Crippen LogP contribution in [0.15, 0.2) is 0 Å². The van der Waals surface area contributed by atoms with Gasteiger partial charge in [0.25, 0.3) is 0 Å². The predicted octanol–water partition coefficient (Wildman–Crippen LogP) is 12.9. The lowest BCUT2D eigenvalue weighted by molar-refractivity contribution is -0.210. The third kappa shape index (κ3) is 5.76. The molecule has 0 saturated heterocycles. The molecular weight excluding hydrogens is 516 g/mol. The van der Waals surface area contributed by atoms with Crippen molar-refractivity contribution in [1.29, 1.82) is 0 Å². The molecule has 8 aliphatic carbocycles. The molecule has 244 valence electrons. The monoisotopic (exact) mass is 589 g/mol. The van der Waals surface area contributed by atoms with Gasteiger partial charge in [-0.15, -0.1) is 0 Å². The van der Waals surface area contributed by atoms with Gasteiger partial charge >= 0.3 is 0 Å². The number of fused-ring (bicyclic) bond motifs is 3. The average Bonchev–Trinajstić information content (AvgIpc) is 3.08. The Hall–Kier alpha value is 0. The Labute approximate surface area is 268 Å². The highest BCUT2D eigenvalue weighted by atomic mass is 14.7. The zero-order valence-corrected chi connectivity index (χ0v) is 28.8. The number of hydrogen-bond donors (Lipinski definition) is 0. The lowest BCUT2D eigenvalue weighted by Gasteiger charge is -2.69. The van der Waals surface area contributed by atoms with Gasteiger partial charge in [0, 0.05) is 0 Å². The summed E-state index contributed by atoms with van der Waals surface area (Å²) in [5, 5.41) is 0. The SMILES string of the molecule is CC1CCC(C2C3CCCCC3C(C3CCCCC3)C3C(C4CCCCC4)C4CCCCC4C(C4CCCCC4)C23)CC1. The summed E-state index contributed by atoms with van der Waals surface area (Å²) in [6, 6.07) is 0. The predicted molar refractivity (Wildman–Crippen MR) is 183 cm³/mol. The van der Waals surface area contributed by atoms with Crippen LogP contribution in [0, 0.1) is 88.8 Å². The van der Waals surface area contributed by atoms with Crippen molar-refractivity contribution < 1.29 is 0 Å². The topological polar surface area (TPSA) is 0 Å². The Morgan fingerprint density at radius 3 is 0.791 bits per heavy atom. The molecule has 0 N–H and O–H groups in total. The Kier molecular flexibility index (Phi) is 9.61. The normalized spacial score (nSPS) is 49.0. The fourth-order valence-corrected chi connectivity index (χ4v) is 15.9. The summed E-state index contributed by atoms with van der Waals surface area (Å²) in [4.78, 5) is 0. The lowest BCUT2D eigenvalue weighted by atomic mass is 9.36. The molecule has 0 aliphatic heterocycles. The highest BCUT2D eigenvalue weighted by molar-refractivity contribution is 5.12. The Morgan fingerprint density at radius 2 is 0.488 bits per heavy atom. The molecule has 8 fully saturated rings. The zero-order valence-electron chi connectivity index (χ0n) is 28.8. The van der Waals surface area contributed by atoms with E-state index in [1.54, 1.807) is 173 Å². The summed E-state index contributed by atoms with van der Waals surface area (Å²) in [7, 11) is 0. The van der Waals surface area contributed by atoms with E-state index in [0.29, 0.717) is 0 Å². The van der Waals surface area contributed by atoms with E-state index >= 15 is 0 Å². The third-order valence-electron chi connectivity index (χ3n) is 17.1. The van der Waals surface area contributed by atoms with E-state index in [1.807, 2.05) is 0 Å². The second kappa shape index (κ2) is 13.6. The van der Waals surface area contributed by atoms with Crippen molar-refractivity contribution in [3.8, 4) is 0 Å². The Balaban J connectivity index is 1.28. The molecule has 0 heterocycles. The molecule has 0 heteroatoms. The minimum atomic E-state index is 1.01. The zero-order chi connectivity index (χ0) is 28.8. The van der Waals surface area contributed by atoms with Gasteiger partial charge in [0.15, 0.2) is 0 Å². The molecule has 0 radical (unpaired) electrons. The van der Waals surface area contributed by atoms with Crippen LogP contribution in [0.4, 0.5) is 0 Å². The van der Waals surface area contributed by atoms with Crippen molar-refractivity contribution in [3.05, 3.63) is 0 Å². The van der Waals surface area contributed by atoms with E-state index < -0.39 is 0 Å². The first-order valence-corrected chi connectivity index (χ1v) is 21.3. The maximum atomic E-state index is 2.60. The van der Waals surface area contributed by atoms with Crippen LogP contribution in [0.1, 0.15) is 180 Å². The minimum absolute atomic E-state index is 1.01. The molecule has 0 aromatic heterocycles. The average molecular weight is 589 g/mol. The fraction of sp³-hybridized carbons (Fsp3) is 1.00. The van der Waals surface area contributed by atoms with Gasteiger partial charge in [0.2, 0.25) is 0 Å². The van der Waals surface area contributed by atoms with Crippen LogP contribution in [0.2, 0.25) is 0 Å². The van der Waals surface area contributed by atoms with Crippen molar-refractivity contribution in [2.45, 2.75) is 180 Å². The summed E-state index contributed by atoms with van der Waals surface area (Å²) in [6.07, 6.45) is 43.2. The van der Waals surface area contributed by atoms with Gasteiger partial charge in [-0.3, -0.25) is 0 Å². The van der Waals surface area contributed by atoms with Gasteiger partial charge in [0.05, 0.1) is 0 Å². The van der Waals surface area contributed by atoms with Gasteiger partial charge < -0.3 is 0 Å². The van der Waals surface area contributed by atoms with Gasteiger partial charge in [-0.25, -0.2) is 0 Å². The number of hydrogen-bond acceptors (Lipinski definition) is 0. The van der Waals surface area contributed by atoms with Crippen LogP contribution >= 0.6 is 0 Å². The van der Waals surface area contributed by atoms with Gasteiger partial charge in [0.1, 0.15) is 0 Å². The first kappa shape index (κ1) is 30.3. The fourth-order valence-electron chi connectivity index (χ4n) is 15.9. The first-order chi connectivity index (χ1) is 21.3. The minimum Gasteiger partial charge on any atom is -0.0625 e. The van der Waals surface area contributed by atoms with E-state index in [-0.39, 0.29) is 0 Å². The summed E-state index contributed by atoms with van der Waals surface area (Å²) in [5.41, 5.74) is 0. The van der Waals surface area contributed by atoms with Crippen LogP contribution in [-0.4, -0.2) is 0 Å². The van der Waals surface area contributed by atoms with Gasteiger partial charge in [-0.05, 0) is 127 Å². The molecule has 0 aromatic rings. The molecule has 8 aliphatic rings. The summed E-state index contributed by atoms with van der Waals surface area (Å²) >= 11 is 0. The second-order valence-electron chi connectivity index (χ2n) is 18.9. The maximum absolute atomic E-state index is 2.60. The smallest absolute Gasteiger partial charge is 0.0313 e. The Morgan fingerprint density at radius 1 is 0.233 bits per heavy atom. The molecule has 43 heavy (non-hydrogen) atoms. The maximum Gasteiger partial charge on any atom is -0.0313 e. The van der Waals surface area contributed by atoms with Gasteiger partial charge in [-0.1, -0.05) is 142 Å². The molecule has 10 unspecified atom stereocenters. The van der Waals surface area contributed by atoms with Crippen LogP contribution in [0.25, 0.3) is 0 Å². The number of rotatable bonds is 4. The standard InChI is InChI=1S/C43H72/c1-29-25-27-33(28-26-29)41-37-24-14-13-23-36(37)39(31-17-7-3-8-18-31)42-38(30-15-5-2-6-16-30)34-21-11-12-22-35(34)40(43(41)42)32-19-9-4-10-20-32/h29-43H,2-28H2,1H3. The molecule has 0 spiro atoms. The van der Waals surface area contributed by atoms with Crippen LogP contribution in [0.3, 0.4) is 0 Å². The van der Waals surface area contributed by atoms with Crippen molar-refractivity contribution in [3.63, 3.8) is 0 Å². The summed E-state index contributed by atoms with van der Waals surface area (Å²) < 4.78 is 0. The summed E-state index contributed by atoms with van der Waals surface area (Å²) in [6.45, 7) is 2.60. The van der Waals surface area contributed by atoms with Crippen molar-refractivity contribution in [1.82, 2.24) is 0 Å². The van der Waals surface area contributed by atoms with Crippen molar-refractivity contribution in [2.24, 2.45) is 88.8 Å². The van der Waals surface area contributed by atoms with Crippen LogP contribution in [-0.2, 0) is 0 Å². The van der Waals surface area contributed by atoms with E-state index in [4.69, 9.17) is 0 Å². The molecule has 0 aromatic carbocycles. The second-order valence-corrected chi connectivity index (χ2v) is 18.9. The van der Waals surface area contributed by atoms with E-state index in [0.717, 1.165) is 88.8 Å². The third-order valence-corrected chi connectivity index (χ3v) is 17.1. The first-order valence-electron chi connectivity index (χ1n) is 21.3.